The third kappa shape index (κ3) is 7.00. The number of amides is 2. The number of carbonyl (C=O) groups excluding carboxylic acids is 2. The van der Waals surface area contributed by atoms with Crippen molar-refractivity contribution in [2.45, 2.75) is 6.92 Å². The van der Waals surface area contributed by atoms with E-state index in [0.29, 0.717) is 20.2 Å². The molecule has 11 heteroatoms. The van der Waals surface area contributed by atoms with Crippen LogP contribution in [0.2, 0.25) is 0 Å². The SMILES string of the molecule is Cc1ccccc1NC(=O)COc1c(Br)cc(Br)cc1/C=C(/C#N)C(=O)Nc1cccc([N+](=O)[O-])c1. The van der Waals surface area contributed by atoms with Gasteiger partial charge in [-0.3, -0.25) is 19.7 Å². The number of hydrogen-bond donors (Lipinski definition) is 2. The minimum atomic E-state index is -0.766. The molecule has 0 bridgehead atoms. The van der Waals surface area contributed by atoms with Crippen LogP contribution in [0.1, 0.15) is 11.1 Å². The van der Waals surface area contributed by atoms with Gasteiger partial charge in [-0.2, -0.15) is 5.26 Å². The van der Waals surface area contributed by atoms with Gasteiger partial charge in [-0.15, -0.1) is 0 Å². The van der Waals surface area contributed by atoms with E-state index < -0.39 is 16.7 Å². The number of para-hydroxylation sites is 1. The lowest BCUT2D eigenvalue weighted by Crippen LogP contribution is -2.21. The number of nitrogens with zero attached hydrogens (tertiary/aromatic N) is 2. The average molecular weight is 614 g/mol. The van der Waals surface area contributed by atoms with Crippen molar-refractivity contribution >= 4 is 66.8 Å². The van der Waals surface area contributed by atoms with Crippen LogP contribution in [0.15, 0.2) is 75.2 Å². The maximum absolute atomic E-state index is 12.7. The lowest BCUT2D eigenvalue weighted by molar-refractivity contribution is -0.384. The molecule has 0 saturated heterocycles. The monoisotopic (exact) mass is 612 g/mol. The van der Waals surface area contributed by atoms with Gasteiger partial charge in [0.15, 0.2) is 6.61 Å². The molecule has 3 aromatic rings. The Labute approximate surface area is 223 Å². The van der Waals surface area contributed by atoms with Crippen LogP contribution >= 0.6 is 31.9 Å². The molecule has 2 amide bonds. The molecule has 0 atom stereocenters. The summed E-state index contributed by atoms with van der Waals surface area (Å²) in [6.45, 7) is 1.55. The summed E-state index contributed by atoms with van der Waals surface area (Å²) in [5.41, 5.74) is 1.59. The van der Waals surface area contributed by atoms with Gasteiger partial charge in [0.1, 0.15) is 17.4 Å². The first-order valence-electron chi connectivity index (χ1n) is 10.3. The summed E-state index contributed by atoms with van der Waals surface area (Å²) in [7, 11) is 0. The molecular formula is C25H18Br2N4O5. The van der Waals surface area contributed by atoms with E-state index in [1.54, 1.807) is 24.3 Å². The van der Waals surface area contributed by atoms with Crippen LogP contribution in [0.25, 0.3) is 6.08 Å². The number of nitrogens with one attached hydrogen (secondary N) is 2. The van der Waals surface area contributed by atoms with E-state index in [4.69, 9.17) is 4.74 Å². The lowest BCUT2D eigenvalue weighted by Gasteiger charge is -2.13. The third-order valence-corrected chi connectivity index (χ3v) is 5.83. The number of hydrogen-bond acceptors (Lipinski definition) is 6. The highest BCUT2D eigenvalue weighted by molar-refractivity contribution is 9.11. The number of nitriles is 1. The van der Waals surface area contributed by atoms with Crippen molar-refractivity contribution < 1.29 is 19.2 Å². The summed E-state index contributed by atoms with van der Waals surface area (Å²) in [6.07, 6.45) is 1.30. The summed E-state index contributed by atoms with van der Waals surface area (Å²) in [6, 6.07) is 17.8. The standard InChI is InChI=1S/C25H18Br2N4O5/c1-15-5-2-3-8-22(15)30-23(32)14-36-24-16(10-18(26)11-21(24)27)9-17(13-28)25(33)29-19-6-4-7-20(12-19)31(34)35/h2-12H,14H2,1H3,(H,29,33)(H,30,32)/b17-9-. The van der Waals surface area contributed by atoms with Gasteiger partial charge in [0.05, 0.1) is 9.40 Å². The Morgan fingerprint density at radius 2 is 1.86 bits per heavy atom. The molecule has 3 aromatic carbocycles. The van der Waals surface area contributed by atoms with Crippen molar-refractivity contribution in [1.82, 2.24) is 0 Å². The third-order valence-electron chi connectivity index (χ3n) is 4.78. The molecule has 0 aliphatic rings. The van der Waals surface area contributed by atoms with Crippen molar-refractivity contribution in [1.29, 1.82) is 5.26 Å². The van der Waals surface area contributed by atoms with E-state index in [-0.39, 0.29) is 29.3 Å². The van der Waals surface area contributed by atoms with E-state index >= 15 is 0 Å². The number of nitro groups is 1. The minimum Gasteiger partial charge on any atom is -0.482 e. The Bertz CT molecular complexity index is 1420. The van der Waals surface area contributed by atoms with Gasteiger partial charge in [-0.1, -0.05) is 40.2 Å². The number of carbonyl (C=O) groups is 2. The summed E-state index contributed by atoms with van der Waals surface area (Å²) in [4.78, 5) is 35.6. The molecule has 0 aliphatic carbocycles. The summed E-state index contributed by atoms with van der Waals surface area (Å²) in [5.74, 6) is -0.913. The van der Waals surface area contributed by atoms with Crippen LogP contribution in [0.4, 0.5) is 17.1 Å². The van der Waals surface area contributed by atoms with Crippen molar-refractivity contribution in [3.63, 3.8) is 0 Å². The Kier molecular flexibility index (Phi) is 8.94. The number of benzene rings is 3. The van der Waals surface area contributed by atoms with Gasteiger partial charge in [0.2, 0.25) is 0 Å². The number of non-ortho nitro benzene ring substituents is 1. The van der Waals surface area contributed by atoms with Gasteiger partial charge in [-0.25, -0.2) is 0 Å². The van der Waals surface area contributed by atoms with Gasteiger partial charge in [0, 0.05) is 33.5 Å². The van der Waals surface area contributed by atoms with Crippen LogP contribution in [-0.4, -0.2) is 23.3 Å². The van der Waals surface area contributed by atoms with Crippen LogP contribution < -0.4 is 15.4 Å². The fourth-order valence-corrected chi connectivity index (χ4v) is 4.45. The van der Waals surface area contributed by atoms with Crippen molar-refractivity contribution in [2.75, 3.05) is 17.2 Å². The Morgan fingerprint density at radius 1 is 1.11 bits per heavy atom. The lowest BCUT2D eigenvalue weighted by atomic mass is 10.1. The smallest absolute Gasteiger partial charge is 0.271 e. The van der Waals surface area contributed by atoms with Crippen molar-refractivity contribution in [3.8, 4) is 11.8 Å². The maximum atomic E-state index is 12.7. The molecule has 0 heterocycles. The van der Waals surface area contributed by atoms with Gasteiger partial charge in [-0.05, 0) is 58.8 Å². The molecule has 3 rings (SSSR count). The fraction of sp³-hybridized carbons (Fsp3) is 0.0800. The molecule has 0 unspecified atom stereocenters. The minimum absolute atomic E-state index is 0.162. The second-order valence-electron chi connectivity index (χ2n) is 7.39. The van der Waals surface area contributed by atoms with Crippen LogP contribution in [0.3, 0.4) is 0 Å². The largest absolute Gasteiger partial charge is 0.482 e. The highest BCUT2D eigenvalue weighted by atomic mass is 79.9. The van der Waals surface area contributed by atoms with Crippen molar-refractivity contribution in [2.24, 2.45) is 0 Å². The zero-order valence-electron chi connectivity index (χ0n) is 18.7. The molecule has 0 fully saturated rings. The Morgan fingerprint density at radius 3 is 2.56 bits per heavy atom. The maximum Gasteiger partial charge on any atom is 0.271 e. The highest BCUT2D eigenvalue weighted by Gasteiger charge is 2.16. The molecule has 2 N–H and O–H groups in total. The number of anilines is 2. The zero-order valence-corrected chi connectivity index (χ0v) is 21.9. The zero-order chi connectivity index (χ0) is 26.2. The summed E-state index contributed by atoms with van der Waals surface area (Å²) < 4.78 is 6.86. The number of nitro benzene ring substituents is 1. The van der Waals surface area contributed by atoms with E-state index in [9.17, 15) is 25.0 Å². The Balaban J connectivity index is 1.82. The molecular weight excluding hydrogens is 596 g/mol. The van der Waals surface area contributed by atoms with Gasteiger partial charge in [0.25, 0.3) is 17.5 Å². The molecule has 182 valence electrons. The van der Waals surface area contributed by atoms with Gasteiger partial charge < -0.3 is 15.4 Å². The van der Waals surface area contributed by atoms with Crippen molar-refractivity contribution in [3.05, 3.63) is 96.4 Å². The number of halogens is 2. The highest BCUT2D eigenvalue weighted by Crippen LogP contribution is 2.34. The molecule has 0 saturated carbocycles. The number of aryl methyl sites for hydroxylation is 1. The quantitative estimate of drug-likeness (QED) is 0.139. The van der Waals surface area contributed by atoms with E-state index in [2.05, 4.69) is 42.5 Å². The first kappa shape index (κ1) is 26.6. The van der Waals surface area contributed by atoms with Crippen LogP contribution in [0, 0.1) is 28.4 Å². The molecule has 0 aliphatic heterocycles. The van der Waals surface area contributed by atoms with Crippen LogP contribution in [-0.2, 0) is 9.59 Å². The van der Waals surface area contributed by atoms with Gasteiger partial charge >= 0.3 is 0 Å². The predicted molar refractivity (Wildman–Crippen MR) is 142 cm³/mol. The molecule has 0 aromatic heterocycles. The number of ether oxygens (including phenoxy) is 1. The Hall–Kier alpha value is -4.01. The second kappa shape index (κ2) is 12.1. The predicted octanol–water partition coefficient (Wildman–Crippen LogP) is 5.99. The summed E-state index contributed by atoms with van der Waals surface area (Å²) >= 11 is 6.75. The second-order valence-corrected chi connectivity index (χ2v) is 9.16. The normalized spacial score (nSPS) is 10.8. The first-order chi connectivity index (χ1) is 17.2. The van der Waals surface area contributed by atoms with E-state index in [0.717, 1.165) is 5.56 Å². The van der Waals surface area contributed by atoms with E-state index in [1.807, 2.05) is 25.1 Å². The fourth-order valence-electron chi connectivity index (χ4n) is 3.08. The first-order valence-corrected chi connectivity index (χ1v) is 11.9. The topological polar surface area (TPSA) is 134 Å². The molecule has 0 spiro atoms. The molecule has 0 radical (unpaired) electrons. The summed E-state index contributed by atoms with van der Waals surface area (Å²) in [5, 5.41) is 25.8. The average Bonchev–Trinajstić information content (AvgIpc) is 2.83. The van der Waals surface area contributed by atoms with E-state index in [1.165, 1.54) is 30.3 Å². The number of rotatable bonds is 8. The molecule has 36 heavy (non-hydrogen) atoms. The molecule has 9 nitrogen and oxygen atoms in total. The van der Waals surface area contributed by atoms with Crippen LogP contribution in [0.5, 0.6) is 5.75 Å².